The molecule has 2 N–H and O–H groups in total. The number of hydrogen-bond donors (Lipinski definition) is 2. The third-order valence-corrected chi connectivity index (χ3v) is 0.271. The molecule has 0 amide bonds. The Bertz CT molecular complexity index is 182. The molecule has 0 saturated heterocycles. The molecule has 0 aromatic heterocycles. The summed E-state index contributed by atoms with van der Waals surface area (Å²) in [6.07, 6.45) is 3.88. The summed E-state index contributed by atoms with van der Waals surface area (Å²) in [5, 5.41) is 0. The third kappa shape index (κ3) is 175. The first kappa shape index (κ1) is 12.0. The van der Waals surface area contributed by atoms with Gasteiger partial charge in [0.05, 0.1) is 0 Å². The standard InChI is InChI=1S/C4H6O.H2O4S/c1-2-3-4-5;1-5(2,3)4/h2-4H,1H3;(H2,1,2,3,4). The van der Waals surface area contributed by atoms with Crippen LogP contribution >= 0.6 is 0 Å². The Kier molecular flexibility index (Phi) is 7.68. The second kappa shape index (κ2) is 6.40. The second-order valence-corrected chi connectivity index (χ2v) is 2.01. The van der Waals surface area contributed by atoms with Crippen LogP contribution < -0.4 is 0 Å². The van der Waals surface area contributed by atoms with Gasteiger partial charge in [-0.1, -0.05) is 6.08 Å². The molecule has 0 rings (SSSR count). The maximum atomic E-state index is 9.32. The largest absolute Gasteiger partial charge is 0.394 e. The lowest BCUT2D eigenvalue weighted by Gasteiger charge is -1.68. The Morgan fingerprint density at radius 1 is 1.30 bits per heavy atom. The van der Waals surface area contributed by atoms with Crippen LogP contribution in [0.5, 0.6) is 0 Å². The van der Waals surface area contributed by atoms with Crippen LogP contribution in [0.2, 0.25) is 0 Å². The molecule has 0 aliphatic rings. The SMILES string of the molecule is CC=CC=O.O=S(=O)(O)O. The van der Waals surface area contributed by atoms with Crippen LogP contribution in [0.15, 0.2) is 12.2 Å². The first-order chi connectivity index (χ1) is 4.41. The molecule has 5 nitrogen and oxygen atoms in total. The monoisotopic (exact) mass is 168 g/mol. The van der Waals surface area contributed by atoms with Crippen molar-refractivity contribution in [3.63, 3.8) is 0 Å². The Hall–Kier alpha value is -0.720. The second-order valence-electron chi connectivity index (χ2n) is 1.11. The van der Waals surface area contributed by atoms with Gasteiger partial charge in [0.2, 0.25) is 0 Å². The molecule has 0 aromatic carbocycles. The van der Waals surface area contributed by atoms with Gasteiger partial charge in [0.1, 0.15) is 6.29 Å². The van der Waals surface area contributed by atoms with Gasteiger partial charge in [0.25, 0.3) is 0 Å². The molecule has 60 valence electrons. The van der Waals surface area contributed by atoms with E-state index in [0.717, 1.165) is 6.29 Å². The van der Waals surface area contributed by atoms with Gasteiger partial charge >= 0.3 is 10.4 Å². The summed E-state index contributed by atoms with van der Waals surface area (Å²) >= 11 is 0. The number of rotatable bonds is 1. The zero-order valence-electron chi connectivity index (χ0n) is 5.26. The molecule has 0 fully saturated rings. The topological polar surface area (TPSA) is 91.7 Å². The number of carbonyl (C=O) groups is 1. The van der Waals surface area contributed by atoms with Crippen LogP contribution in [0, 0.1) is 0 Å². The van der Waals surface area contributed by atoms with Crippen molar-refractivity contribution in [1.82, 2.24) is 0 Å². The van der Waals surface area contributed by atoms with Crippen LogP contribution in [0.4, 0.5) is 0 Å². The average molecular weight is 168 g/mol. The van der Waals surface area contributed by atoms with Gasteiger partial charge in [0, 0.05) is 0 Å². The van der Waals surface area contributed by atoms with Crippen molar-refractivity contribution in [3.05, 3.63) is 12.2 Å². The average Bonchev–Trinajstić information content (AvgIpc) is 1.63. The summed E-state index contributed by atoms with van der Waals surface area (Å²) in [4.78, 5) is 9.32. The van der Waals surface area contributed by atoms with Crippen molar-refractivity contribution in [1.29, 1.82) is 0 Å². The van der Waals surface area contributed by atoms with Crippen LogP contribution in [0.1, 0.15) is 6.92 Å². The van der Waals surface area contributed by atoms with E-state index in [1.165, 1.54) is 6.08 Å². The van der Waals surface area contributed by atoms with Gasteiger partial charge in [-0.3, -0.25) is 13.9 Å². The normalized spacial score (nSPS) is 10.3. The molecule has 0 aliphatic carbocycles. The smallest absolute Gasteiger partial charge is 0.299 e. The first-order valence-electron chi connectivity index (χ1n) is 2.18. The van der Waals surface area contributed by atoms with E-state index >= 15 is 0 Å². The number of allylic oxidation sites excluding steroid dienone is 2. The minimum absolute atomic E-state index is 0.750. The van der Waals surface area contributed by atoms with Crippen molar-refractivity contribution in [2.75, 3.05) is 0 Å². The minimum atomic E-state index is -4.67. The summed E-state index contributed by atoms with van der Waals surface area (Å²) in [6.45, 7) is 1.80. The number of hydrogen-bond acceptors (Lipinski definition) is 3. The van der Waals surface area contributed by atoms with E-state index in [1.54, 1.807) is 13.0 Å². The van der Waals surface area contributed by atoms with Crippen molar-refractivity contribution < 1.29 is 22.3 Å². The maximum absolute atomic E-state index is 9.32. The Labute approximate surface area is 58.9 Å². The predicted octanol–water partition coefficient (Wildman–Crippen LogP) is 0.109. The quantitative estimate of drug-likeness (QED) is 0.329. The van der Waals surface area contributed by atoms with Crippen molar-refractivity contribution >= 4 is 16.7 Å². The number of carbonyl (C=O) groups excluding carboxylic acids is 1. The summed E-state index contributed by atoms with van der Waals surface area (Å²) in [5.74, 6) is 0. The van der Waals surface area contributed by atoms with Crippen molar-refractivity contribution in [3.8, 4) is 0 Å². The lowest BCUT2D eigenvalue weighted by molar-refractivity contribution is -0.104. The summed E-state index contributed by atoms with van der Waals surface area (Å²) in [6, 6.07) is 0. The molecule has 0 bridgehead atoms. The minimum Gasteiger partial charge on any atom is -0.299 e. The lowest BCUT2D eigenvalue weighted by Crippen LogP contribution is -1.89. The van der Waals surface area contributed by atoms with E-state index in [2.05, 4.69) is 0 Å². The predicted molar refractivity (Wildman–Crippen MR) is 35.1 cm³/mol. The van der Waals surface area contributed by atoms with Crippen LogP contribution in [-0.2, 0) is 15.2 Å². The molecule has 10 heavy (non-hydrogen) atoms. The Balaban J connectivity index is 0. The fourth-order valence-electron chi connectivity index (χ4n) is 0.0786. The molecular weight excluding hydrogens is 160 g/mol. The fraction of sp³-hybridized carbons (Fsp3) is 0.250. The molecule has 0 saturated carbocycles. The van der Waals surface area contributed by atoms with Gasteiger partial charge in [-0.25, -0.2) is 0 Å². The molecular formula is C4H8O5S. The van der Waals surface area contributed by atoms with E-state index in [-0.39, 0.29) is 0 Å². The molecule has 0 aromatic rings. The summed E-state index contributed by atoms with van der Waals surface area (Å²) in [5.41, 5.74) is 0. The van der Waals surface area contributed by atoms with Crippen LogP contribution in [0.3, 0.4) is 0 Å². The lowest BCUT2D eigenvalue weighted by atomic mass is 10.6. The highest BCUT2D eigenvalue weighted by Gasteiger charge is 1.84. The van der Waals surface area contributed by atoms with Gasteiger partial charge in [-0.2, -0.15) is 8.42 Å². The highest BCUT2D eigenvalue weighted by Crippen LogP contribution is 1.59. The maximum Gasteiger partial charge on any atom is 0.394 e. The van der Waals surface area contributed by atoms with Crippen molar-refractivity contribution in [2.45, 2.75) is 6.92 Å². The van der Waals surface area contributed by atoms with Gasteiger partial charge in [-0.05, 0) is 13.0 Å². The van der Waals surface area contributed by atoms with E-state index in [9.17, 15) is 4.79 Å². The van der Waals surface area contributed by atoms with Gasteiger partial charge in [-0.15, -0.1) is 0 Å². The van der Waals surface area contributed by atoms with E-state index in [0.29, 0.717) is 0 Å². The molecule has 0 aliphatic heterocycles. The molecule has 0 heterocycles. The first-order valence-corrected chi connectivity index (χ1v) is 3.58. The molecule has 6 heteroatoms. The summed E-state index contributed by atoms with van der Waals surface area (Å²) in [7, 11) is -4.67. The molecule has 0 unspecified atom stereocenters. The molecule has 0 radical (unpaired) electrons. The highest BCUT2D eigenvalue weighted by molar-refractivity contribution is 7.79. The molecule has 0 spiro atoms. The van der Waals surface area contributed by atoms with Gasteiger partial charge < -0.3 is 0 Å². The van der Waals surface area contributed by atoms with E-state index in [1.807, 2.05) is 0 Å². The van der Waals surface area contributed by atoms with Gasteiger partial charge in [0.15, 0.2) is 0 Å². The van der Waals surface area contributed by atoms with Crippen LogP contribution in [-0.4, -0.2) is 23.8 Å². The highest BCUT2D eigenvalue weighted by atomic mass is 32.3. The third-order valence-electron chi connectivity index (χ3n) is 0.271. The zero-order valence-corrected chi connectivity index (χ0v) is 6.08. The van der Waals surface area contributed by atoms with Crippen molar-refractivity contribution in [2.24, 2.45) is 0 Å². The van der Waals surface area contributed by atoms with E-state index < -0.39 is 10.4 Å². The Morgan fingerprint density at radius 3 is 1.60 bits per heavy atom. The molecule has 0 atom stereocenters. The van der Waals surface area contributed by atoms with E-state index in [4.69, 9.17) is 17.5 Å². The number of aldehydes is 1. The summed E-state index contributed by atoms with van der Waals surface area (Å²) < 4.78 is 31.6. The van der Waals surface area contributed by atoms with Crippen LogP contribution in [0.25, 0.3) is 0 Å². The zero-order chi connectivity index (χ0) is 8.62. The fourth-order valence-corrected chi connectivity index (χ4v) is 0.0786. The Morgan fingerprint density at radius 2 is 1.60 bits per heavy atom.